The van der Waals surface area contributed by atoms with Gasteiger partial charge >= 0.3 is 5.97 Å². The van der Waals surface area contributed by atoms with E-state index < -0.39 is 11.5 Å². The quantitative estimate of drug-likeness (QED) is 0.693. The van der Waals surface area contributed by atoms with Crippen molar-refractivity contribution in [3.8, 4) is 0 Å². The number of carbonyl (C=O) groups is 2. The lowest BCUT2D eigenvalue weighted by Gasteiger charge is -2.26. The van der Waals surface area contributed by atoms with Gasteiger partial charge in [0.05, 0.1) is 11.9 Å². The van der Waals surface area contributed by atoms with E-state index in [4.69, 9.17) is 5.11 Å². The third-order valence-electron chi connectivity index (χ3n) is 3.79. The molecule has 110 valence electrons. The van der Waals surface area contributed by atoms with Gasteiger partial charge in [-0.2, -0.15) is 0 Å². The van der Waals surface area contributed by atoms with Gasteiger partial charge < -0.3 is 20.3 Å². The molecule has 1 aliphatic rings. The van der Waals surface area contributed by atoms with E-state index in [1.54, 1.807) is 4.57 Å². The first-order valence-electron chi connectivity index (χ1n) is 6.86. The number of carboxylic acid groups (broad SMARTS) is 1. The van der Waals surface area contributed by atoms with E-state index in [1.807, 2.05) is 6.92 Å². The highest BCUT2D eigenvalue weighted by molar-refractivity contribution is 5.86. The monoisotopic (exact) mass is 280 g/mol. The number of carboxylic acids is 1. The Bertz CT molecular complexity index is 492. The van der Waals surface area contributed by atoms with Gasteiger partial charge in [0, 0.05) is 19.3 Å². The van der Waals surface area contributed by atoms with Gasteiger partial charge in [-0.1, -0.05) is 6.92 Å². The summed E-state index contributed by atoms with van der Waals surface area (Å²) in [7, 11) is 0. The Kier molecular flexibility index (Phi) is 4.39. The van der Waals surface area contributed by atoms with Crippen LogP contribution in [0.15, 0.2) is 12.5 Å². The molecule has 3 N–H and O–H groups in total. The Morgan fingerprint density at radius 3 is 2.95 bits per heavy atom. The first-order valence-corrected chi connectivity index (χ1v) is 6.86. The minimum atomic E-state index is -1.05. The summed E-state index contributed by atoms with van der Waals surface area (Å²) in [5.41, 5.74) is -0.417. The molecule has 1 aromatic rings. The average Bonchev–Trinajstić information content (AvgIpc) is 3.08. The minimum absolute atomic E-state index is 0.0128. The van der Waals surface area contributed by atoms with E-state index in [9.17, 15) is 9.59 Å². The zero-order valence-electron chi connectivity index (χ0n) is 11.6. The highest BCUT2D eigenvalue weighted by Gasteiger charge is 2.38. The van der Waals surface area contributed by atoms with Crippen molar-refractivity contribution < 1.29 is 14.7 Å². The Hall–Kier alpha value is -1.89. The number of hydrogen-bond donors (Lipinski definition) is 3. The van der Waals surface area contributed by atoms with Crippen LogP contribution in [-0.4, -0.2) is 45.2 Å². The highest BCUT2D eigenvalue weighted by atomic mass is 16.4. The Morgan fingerprint density at radius 2 is 2.40 bits per heavy atom. The molecule has 0 aliphatic carbocycles. The molecule has 1 saturated heterocycles. The van der Waals surface area contributed by atoms with E-state index >= 15 is 0 Å². The first-order chi connectivity index (χ1) is 9.57. The summed E-state index contributed by atoms with van der Waals surface area (Å²) >= 11 is 0. The van der Waals surface area contributed by atoms with E-state index in [2.05, 4.69) is 15.6 Å². The maximum atomic E-state index is 12.2. The second kappa shape index (κ2) is 6.04. The lowest BCUT2D eigenvalue weighted by molar-refractivity contribution is -0.127. The molecule has 0 spiro atoms. The maximum absolute atomic E-state index is 12.2. The van der Waals surface area contributed by atoms with Crippen LogP contribution < -0.4 is 10.6 Å². The first kappa shape index (κ1) is 14.5. The second-order valence-corrected chi connectivity index (χ2v) is 5.02. The Morgan fingerprint density at radius 1 is 1.60 bits per heavy atom. The fourth-order valence-electron chi connectivity index (χ4n) is 2.52. The summed E-state index contributed by atoms with van der Waals surface area (Å²) in [6, 6.07) is 0. The predicted molar refractivity (Wildman–Crippen MR) is 72.5 cm³/mol. The van der Waals surface area contributed by atoms with Crippen molar-refractivity contribution in [3.63, 3.8) is 0 Å². The molecular formula is C13H20N4O3. The standard InChI is InChI=1S/C13H20N4O3/c1-2-13(4-3-5-16-13)12(20)14-6-7-17-8-10(11(18)19)15-9-17/h8-9,16H,2-7H2,1H3,(H,14,20)(H,18,19). The van der Waals surface area contributed by atoms with Gasteiger partial charge in [-0.15, -0.1) is 0 Å². The average molecular weight is 280 g/mol. The molecule has 0 saturated carbocycles. The molecule has 0 bridgehead atoms. The van der Waals surface area contributed by atoms with E-state index in [0.29, 0.717) is 13.1 Å². The smallest absolute Gasteiger partial charge is 0.356 e. The zero-order valence-corrected chi connectivity index (χ0v) is 11.6. The van der Waals surface area contributed by atoms with Gasteiger partial charge in [0.15, 0.2) is 5.69 Å². The SMILES string of the molecule is CCC1(C(=O)NCCn2cnc(C(=O)O)c2)CCCN1. The summed E-state index contributed by atoms with van der Waals surface area (Å²) in [5.74, 6) is -1.02. The van der Waals surface area contributed by atoms with Crippen molar-refractivity contribution in [2.45, 2.75) is 38.3 Å². The number of aromatic carboxylic acids is 1. The number of carbonyl (C=O) groups excluding carboxylic acids is 1. The van der Waals surface area contributed by atoms with Crippen LogP contribution in [-0.2, 0) is 11.3 Å². The summed E-state index contributed by atoms with van der Waals surface area (Å²) in [6.07, 6.45) is 5.57. The molecule has 1 atom stereocenters. The van der Waals surface area contributed by atoms with Crippen LogP contribution in [0.3, 0.4) is 0 Å². The van der Waals surface area contributed by atoms with Gasteiger partial charge in [0.2, 0.25) is 5.91 Å². The molecule has 1 unspecified atom stereocenters. The molecule has 20 heavy (non-hydrogen) atoms. The van der Waals surface area contributed by atoms with Crippen LogP contribution in [0, 0.1) is 0 Å². The van der Waals surface area contributed by atoms with Crippen LogP contribution in [0.5, 0.6) is 0 Å². The summed E-state index contributed by atoms with van der Waals surface area (Å²) in [4.78, 5) is 26.7. The zero-order chi connectivity index (χ0) is 14.6. The highest BCUT2D eigenvalue weighted by Crippen LogP contribution is 2.22. The van der Waals surface area contributed by atoms with Crippen molar-refractivity contribution in [3.05, 3.63) is 18.2 Å². The summed E-state index contributed by atoms with van der Waals surface area (Å²) in [6.45, 7) is 3.85. The molecule has 2 heterocycles. The van der Waals surface area contributed by atoms with Crippen LogP contribution in [0.4, 0.5) is 0 Å². The fourth-order valence-corrected chi connectivity index (χ4v) is 2.52. The Labute approximate surface area is 117 Å². The number of aromatic nitrogens is 2. The van der Waals surface area contributed by atoms with E-state index in [-0.39, 0.29) is 11.6 Å². The molecule has 7 heteroatoms. The summed E-state index contributed by atoms with van der Waals surface area (Å²) < 4.78 is 1.66. The van der Waals surface area contributed by atoms with Crippen LogP contribution in [0.25, 0.3) is 0 Å². The van der Waals surface area contributed by atoms with E-state index in [1.165, 1.54) is 12.5 Å². The number of rotatable bonds is 6. The molecule has 1 amide bonds. The third-order valence-corrected chi connectivity index (χ3v) is 3.79. The lowest BCUT2D eigenvalue weighted by atomic mass is 9.93. The molecule has 0 radical (unpaired) electrons. The number of imidazole rings is 1. The number of nitrogens with one attached hydrogen (secondary N) is 2. The Balaban J connectivity index is 1.83. The normalized spacial score (nSPS) is 21.9. The van der Waals surface area contributed by atoms with Crippen molar-refractivity contribution >= 4 is 11.9 Å². The van der Waals surface area contributed by atoms with Crippen LogP contribution in [0.1, 0.15) is 36.7 Å². The number of nitrogens with zero attached hydrogens (tertiary/aromatic N) is 2. The summed E-state index contributed by atoms with van der Waals surface area (Å²) in [5, 5.41) is 15.0. The fraction of sp³-hybridized carbons (Fsp3) is 0.615. The van der Waals surface area contributed by atoms with E-state index in [0.717, 1.165) is 25.8 Å². The molecule has 1 fully saturated rings. The molecule has 7 nitrogen and oxygen atoms in total. The minimum Gasteiger partial charge on any atom is -0.476 e. The van der Waals surface area contributed by atoms with Crippen LogP contribution >= 0.6 is 0 Å². The molecular weight excluding hydrogens is 260 g/mol. The number of hydrogen-bond acceptors (Lipinski definition) is 4. The van der Waals surface area contributed by atoms with Crippen LogP contribution in [0.2, 0.25) is 0 Å². The molecule has 2 rings (SSSR count). The molecule has 1 aromatic heterocycles. The van der Waals surface area contributed by atoms with Crippen molar-refractivity contribution in [1.82, 2.24) is 20.2 Å². The van der Waals surface area contributed by atoms with Crippen molar-refractivity contribution in [2.75, 3.05) is 13.1 Å². The van der Waals surface area contributed by atoms with Gasteiger partial charge in [0.1, 0.15) is 0 Å². The number of amides is 1. The topological polar surface area (TPSA) is 96.2 Å². The van der Waals surface area contributed by atoms with Gasteiger partial charge in [-0.05, 0) is 25.8 Å². The largest absolute Gasteiger partial charge is 0.476 e. The third kappa shape index (κ3) is 2.98. The van der Waals surface area contributed by atoms with Gasteiger partial charge in [0.25, 0.3) is 0 Å². The van der Waals surface area contributed by atoms with Crippen molar-refractivity contribution in [2.24, 2.45) is 0 Å². The lowest BCUT2D eigenvalue weighted by Crippen LogP contribution is -2.53. The second-order valence-electron chi connectivity index (χ2n) is 5.02. The molecule has 0 aromatic carbocycles. The maximum Gasteiger partial charge on any atom is 0.356 e. The molecule has 1 aliphatic heterocycles. The van der Waals surface area contributed by atoms with Gasteiger partial charge in [-0.3, -0.25) is 4.79 Å². The van der Waals surface area contributed by atoms with Crippen molar-refractivity contribution in [1.29, 1.82) is 0 Å². The van der Waals surface area contributed by atoms with Gasteiger partial charge in [-0.25, -0.2) is 9.78 Å². The predicted octanol–water partition coefficient (Wildman–Crippen LogP) is 0.230.